The molecule has 1 fully saturated rings. The summed E-state index contributed by atoms with van der Waals surface area (Å²) in [5, 5.41) is 3.48. The fraction of sp³-hybridized carbons (Fsp3) is 0.706. The largest absolute Gasteiger partial charge is 0.444 e. The van der Waals surface area contributed by atoms with Crippen LogP contribution in [0, 0.1) is 5.92 Å². The molecule has 1 amide bonds. The lowest BCUT2D eigenvalue weighted by Crippen LogP contribution is -2.35. The predicted octanol–water partition coefficient (Wildman–Crippen LogP) is 3.46. The summed E-state index contributed by atoms with van der Waals surface area (Å²) in [5.41, 5.74) is 3.65. The number of dihydropyridines is 1. The van der Waals surface area contributed by atoms with E-state index in [1.807, 2.05) is 25.7 Å². The van der Waals surface area contributed by atoms with Crippen LogP contribution in [0.15, 0.2) is 22.9 Å². The van der Waals surface area contributed by atoms with E-state index in [2.05, 4.69) is 25.2 Å². The van der Waals surface area contributed by atoms with Gasteiger partial charge in [0.05, 0.1) is 0 Å². The van der Waals surface area contributed by atoms with E-state index in [0.29, 0.717) is 5.92 Å². The number of nitrogens with one attached hydrogen (secondary N) is 1. The first-order valence-electron chi connectivity index (χ1n) is 7.85. The molecule has 0 aromatic heterocycles. The molecule has 118 valence electrons. The monoisotopic (exact) mass is 292 g/mol. The van der Waals surface area contributed by atoms with E-state index in [-0.39, 0.29) is 6.09 Å². The first-order chi connectivity index (χ1) is 9.76. The van der Waals surface area contributed by atoms with Crippen LogP contribution in [0.5, 0.6) is 0 Å². The fourth-order valence-corrected chi connectivity index (χ4v) is 2.86. The summed E-state index contributed by atoms with van der Waals surface area (Å²) in [5.74, 6) is 0.529. The summed E-state index contributed by atoms with van der Waals surface area (Å²) in [7, 11) is 0. The van der Waals surface area contributed by atoms with E-state index in [1.165, 1.54) is 16.8 Å². The molecule has 0 radical (unpaired) electrons. The van der Waals surface area contributed by atoms with Crippen LogP contribution in [-0.2, 0) is 4.74 Å². The second-order valence-electron chi connectivity index (χ2n) is 7.16. The van der Waals surface area contributed by atoms with Crippen molar-refractivity contribution in [1.82, 2.24) is 10.2 Å². The summed E-state index contributed by atoms with van der Waals surface area (Å²) < 4.78 is 5.45. The standard InChI is InChI=1S/C17H28N2O2/c1-12-6-8-18-15(13(12)2)10-14-7-9-19(11-14)16(20)21-17(3,4)5/h6,14,18H,7-11H2,1-5H3. The Kier molecular flexibility index (Phi) is 4.64. The highest BCUT2D eigenvalue weighted by molar-refractivity contribution is 5.68. The quantitative estimate of drug-likeness (QED) is 0.847. The Balaban J connectivity index is 1.90. The Morgan fingerprint density at radius 1 is 1.43 bits per heavy atom. The highest BCUT2D eigenvalue weighted by Gasteiger charge is 2.30. The number of allylic oxidation sites excluding steroid dienone is 3. The first-order valence-corrected chi connectivity index (χ1v) is 7.85. The number of ether oxygens (including phenoxy) is 1. The van der Waals surface area contributed by atoms with Crippen molar-refractivity contribution < 1.29 is 9.53 Å². The third kappa shape index (κ3) is 4.26. The van der Waals surface area contributed by atoms with Crippen molar-refractivity contribution in [1.29, 1.82) is 0 Å². The van der Waals surface area contributed by atoms with Crippen molar-refractivity contribution in [3.05, 3.63) is 22.9 Å². The maximum atomic E-state index is 12.1. The Labute approximate surface area is 128 Å². The molecule has 0 aromatic rings. The zero-order chi connectivity index (χ0) is 15.6. The van der Waals surface area contributed by atoms with Crippen LogP contribution in [0.3, 0.4) is 0 Å². The molecule has 4 nitrogen and oxygen atoms in total. The number of hydrogen-bond acceptors (Lipinski definition) is 3. The van der Waals surface area contributed by atoms with Crippen molar-refractivity contribution in [2.24, 2.45) is 5.92 Å². The van der Waals surface area contributed by atoms with Gasteiger partial charge in [0.1, 0.15) is 5.60 Å². The van der Waals surface area contributed by atoms with Crippen LogP contribution in [-0.4, -0.2) is 36.2 Å². The van der Waals surface area contributed by atoms with Crippen LogP contribution in [0.2, 0.25) is 0 Å². The summed E-state index contributed by atoms with van der Waals surface area (Å²) in [6.07, 6.45) is 4.13. The van der Waals surface area contributed by atoms with E-state index in [4.69, 9.17) is 4.74 Å². The minimum absolute atomic E-state index is 0.177. The van der Waals surface area contributed by atoms with Crippen molar-refractivity contribution in [2.75, 3.05) is 19.6 Å². The maximum Gasteiger partial charge on any atom is 0.410 e. The molecule has 1 saturated heterocycles. The van der Waals surface area contributed by atoms with Crippen LogP contribution in [0.1, 0.15) is 47.5 Å². The molecular formula is C17H28N2O2. The van der Waals surface area contributed by atoms with Gasteiger partial charge in [-0.05, 0) is 64.5 Å². The SMILES string of the molecule is CC1=CCNC(CC2CCN(C(=O)OC(C)(C)C)C2)=C1C. The van der Waals surface area contributed by atoms with Gasteiger partial charge in [0.2, 0.25) is 0 Å². The third-order valence-electron chi connectivity index (χ3n) is 4.20. The second kappa shape index (κ2) is 6.12. The maximum absolute atomic E-state index is 12.1. The van der Waals surface area contributed by atoms with Crippen molar-refractivity contribution in [3.8, 4) is 0 Å². The van der Waals surface area contributed by atoms with Crippen LogP contribution in [0.25, 0.3) is 0 Å². The van der Waals surface area contributed by atoms with Gasteiger partial charge in [0.25, 0.3) is 0 Å². The molecule has 0 aromatic carbocycles. The minimum Gasteiger partial charge on any atom is -0.444 e. The van der Waals surface area contributed by atoms with Gasteiger partial charge in [-0.3, -0.25) is 0 Å². The van der Waals surface area contributed by atoms with Gasteiger partial charge >= 0.3 is 6.09 Å². The third-order valence-corrected chi connectivity index (χ3v) is 4.20. The first kappa shape index (κ1) is 15.9. The fourth-order valence-electron chi connectivity index (χ4n) is 2.86. The molecule has 21 heavy (non-hydrogen) atoms. The predicted molar refractivity (Wildman–Crippen MR) is 85.0 cm³/mol. The Morgan fingerprint density at radius 2 is 2.14 bits per heavy atom. The average Bonchev–Trinajstić information content (AvgIpc) is 2.82. The second-order valence-corrected chi connectivity index (χ2v) is 7.16. The molecule has 2 aliphatic heterocycles. The van der Waals surface area contributed by atoms with Gasteiger partial charge in [-0.25, -0.2) is 4.79 Å². The minimum atomic E-state index is -0.416. The number of carbonyl (C=O) groups excluding carboxylic acids is 1. The number of nitrogens with zero attached hydrogens (tertiary/aromatic N) is 1. The van der Waals surface area contributed by atoms with Gasteiger partial charge < -0.3 is 15.0 Å². The van der Waals surface area contributed by atoms with Gasteiger partial charge in [0, 0.05) is 25.3 Å². The highest BCUT2D eigenvalue weighted by atomic mass is 16.6. The summed E-state index contributed by atoms with van der Waals surface area (Å²) >= 11 is 0. The van der Waals surface area contributed by atoms with E-state index >= 15 is 0 Å². The van der Waals surface area contributed by atoms with Gasteiger partial charge in [-0.2, -0.15) is 0 Å². The van der Waals surface area contributed by atoms with Crippen molar-refractivity contribution in [3.63, 3.8) is 0 Å². The van der Waals surface area contributed by atoms with E-state index in [0.717, 1.165) is 32.5 Å². The normalized spacial score (nSPS) is 23.0. The number of hydrogen-bond donors (Lipinski definition) is 1. The number of likely N-dealkylation sites (tertiary alicyclic amines) is 1. The smallest absolute Gasteiger partial charge is 0.410 e. The molecule has 2 heterocycles. The lowest BCUT2D eigenvalue weighted by molar-refractivity contribution is 0.0288. The van der Waals surface area contributed by atoms with Gasteiger partial charge in [0.15, 0.2) is 0 Å². The molecule has 0 bridgehead atoms. The molecule has 2 rings (SSSR count). The van der Waals surface area contributed by atoms with Crippen molar-refractivity contribution >= 4 is 6.09 Å². The molecule has 1 atom stereocenters. The summed E-state index contributed by atoms with van der Waals surface area (Å²) in [4.78, 5) is 13.9. The molecule has 1 N–H and O–H groups in total. The number of amides is 1. The molecule has 0 saturated carbocycles. The summed E-state index contributed by atoms with van der Waals surface area (Å²) in [6, 6.07) is 0. The lowest BCUT2D eigenvalue weighted by Gasteiger charge is -2.25. The highest BCUT2D eigenvalue weighted by Crippen LogP contribution is 2.27. The molecule has 4 heteroatoms. The lowest BCUT2D eigenvalue weighted by atomic mass is 9.95. The number of rotatable bonds is 2. The zero-order valence-electron chi connectivity index (χ0n) is 14.0. The summed E-state index contributed by atoms with van der Waals surface area (Å²) in [6.45, 7) is 12.6. The Bertz CT molecular complexity index is 472. The van der Waals surface area contributed by atoms with E-state index in [1.54, 1.807) is 0 Å². The molecule has 0 aliphatic carbocycles. The molecule has 0 spiro atoms. The van der Waals surface area contributed by atoms with Gasteiger partial charge in [-0.1, -0.05) is 6.08 Å². The zero-order valence-corrected chi connectivity index (χ0v) is 14.0. The molecule has 1 unspecified atom stereocenters. The molecular weight excluding hydrogens is 264 g/mol. The average molecular weight is 292 g/mol. The van der Waals surface area contributed by atoms with Crippen LogP contribution >= 0.6 is 0 Å². The topological polar surface area (TPSA) is 41.6 Å². The Morgan fingerprint density at radius 3 is 2.81 bits per heavy atom. The van der Waals surface area contributed by atoms with E-state index in [9.17, 15) is 4.79 Å². The van der Waals surface area contributed by atoms with Gasteiger partial charge in [-0.15, -0.1) is 0 Å². The van der Waals surface area contributed by atoms with Crippen LogP contribution < -0.4 is 5.32 Å². The van der Waals surface area contributed by atoms with Crippen molar-refractivity contribution in [2.45, 2.75) is 53.1 Å². The Hall–Kier alpha value is -1.45. The number of carbonyl (C=O) groups is 1. The van der Waals surface area contributed by atoms with E-state index < -0.39 is 5.60 Å². The molecule has 2 aliphatic rings. The van der Waals surface area contributed by atoms with Crippen LogP contribution in [0.4, 0.5) is 4.79 Å².